The summed E-state index contributed by atoms with van der Waals surface area (Å²) >= 11 is 0. The minimum absolute atomic E-state index is 0.0553. The lowest BCUT2D eigenvalue weighted by molar-refractivity contribution is 0.00578. The van der Waals surface area contributed by atoms with E-state index in [9.17, 15) is 0 Å². The van der Waals surface area contributed by atoms with E-state index in [4.69, 9.17) is 9.31 Å². The second kappa shape index (κ2) is 7.34. The van der Waals surface area contributed by atoms with Crippen molar-refractivity contribution in [1.82, 2.24) is 9.55 Å². The van der Waals surface area contributed by atoms with Gasteiger partial charge in [0.1, 0.15) is 0 Å². The van der Waals surface area contributed by atoms with Crippen LogP contribution in [-0.2, 0) is 14.7 Å². The quantitative estimate of drug-likeness (QED) is 0.258. The molecule has 1 saturated heterocycles. The topological polar surface area (TPSA) is 36.3 Å². The van der Waals surface area contributed by atoms with Crippen LogP contribution in [0.4, 0.5) is 0 Å². The maximum absolute atomic E-state index is 6.29. The smallest absolute Gasteiger partial charge is 0.399 e. The molecule has 7 rings (SSSR count). The number of aromatic nitrogens is 2. The lowest BCUT2D eigenvalue weighted by Gasteiger charge is -2.32. The van der Waals surface area contributed by atoms with Gasteiger partial charge in [-0.05, 0) is 85.7 Å². The van der Waals surface area contributed by atoms with Crippen LogP contribution >= 0.6 is 0 Å². The van der Waals surface area contributed by atoms with Gasteiger partial charge in [-0.3, -0.25) is 4.98 Å². The summed E-state index contributed by atoms with van der Waals surface area (Å²) in [4.78, 5) is 4.49. The molecule has 3 aromatic carbocycles. The molecule has 184 valence electrons. The second-order valence-electron chi connectivity index (χ2n) is 12.0. The first-order valence-corrected chi connectivity index (χ1v) is 13.1. The van der Waals surface area contributed by atoms with Gasteiger partial charge in [-0.25, -0.2) is 0 Å². The predicted octanol–water partition coefficient (Wildman–Crippen LogP) is 6.78. The molecule has 0 spiro atoms. The molecule has 0 N–H and O–H groups in total. The molecular formula is C32H31BN2O2. The Morgan fingerprint density at radius 1 is 0.703 bits per heavy atom. The fourth-order valence-corrected chi connectivity index (χ4v) is 6.10. The van der Waals surface area contributed by atoms with Crippen molar-refractivity contribution in [2.45, 2.75) is 58.2 Å². The highest BCUT2D eigenvalue weighted by Crippen LogP contribution is 2.50. The first-order chi connectivity index (χ1) is 17.6. The van der Waals surface area contributed by atoms with Crippen LogP contribution in [0.25, 0.3) is 38.6 Å². The van der Waals surface area contributed by atoms with E-state index in [0.717, 1.165) is 16.7 Å². The van der Waals surface area contributed by atoms with Crippen LogP contribution in [0.1, 0.15) is 52.7 Å². The van der Waals surface area contributed by atoms with Crippen molar-refractivity contribution in [1.29, 1.82) is 0 Å². The number of hydrogen-bond acceptors (Lipinski definition) is 3. The molecule has 0 radical (unpaired) electrons. The normalized spacial score (nSPS) is 18.9. The van der Waals surface area contributed by atoms with Crippen molar-refractivity contribution in [2.75, 3.05) is 0 Å². The van der Waals surface area contributed by atoms with Crippen molar-refractivity contribution in [3.8, 4) is 16.8 Å². The van der Waals surface area contributed by atoms with Gasteiger partial charge in [0.25, 0.3) is 0 Å². The zero-order chi connectivity index (χ0) is 25.7. The zero-order valence-corrected chi connectivity index (χ0v) is 22.3. The summed E-state index contributed by atoms with van der Waals surface area (Å²) in [5.41, 5.74) is 9.08. The van der Waals surface area contributed by atoms with Gasteiger partial charge in [0.2, 0.25) is 0 Å². The number of nitrogens with zero attached hydrogens (tertiary/aromatic N) is 2. The summed E-state index contributed by atoms with van der Waals surface area (Å²) < 4.78 is 14.9. The Bertz CT molecular complexity index is 1700. The van der Waals surface area contributed by atoms with E-state index in [1.165, 1.54) is 38.5 Å². The molecule has 1 aliphatic carbocycles. The first kappa shape index (κ1) is 22.8. The van der Waals surface area contributed by atoms with Gasteiger partial charge < -0.3 is 13.9 Å². The molecular weight excluding hydrogens is 455 g/mol. The van der Waals surface area contributed by atoms with Crippen LogP contribution in [0, 0.1) is 0 Å². The Hall–Kier alpha value is -3.41. The number of fused-ring (bicyclic) bond motifs is 6. The highest BCUT2D eigenvalue weighted by Gasteiger charge is 2.51. The lowest BCUT2D eigenvalue weighted by atomic mass is 9.79. The number of rotatable bonds is 2. The molecule has 1 aliphatic heterocycles. The lowest BCUT2D eigenvalue weighted by Crippen LogP contribution is -2.41. The summed E-state index contributed by atoms with van der Waals surface area (Å²) in [6, 6.07) is 24.3. The van der Waals surface area contributed by atoms with Gasteiger partial charge in [0, 0.05) is 28.1 Å². The van der Waals surface area contributed by atoms with Crippen LogP contribution in [0.2, 0.25) is 0 Å². The molecule has 5 aromatic rings. The molecule has 0 atom stereocenters. The van der Waals surface area contributed by atoms with Crippen molar-refractivity contribution < 1.29 is 9.31 Å². The molecule has 0 saturated carbocycles. The maximum atomic E-state index is 6.29. The molecule has 3 heterocycles. The summed E-state index contributed by atoms with van der Waals surface area (Å²) in [7, 11) is -0.374. The van der Waals surface area contributed by atoms with E-state index in [1.54, 1.807) is 0 Å². The van der Waals surface area contributed by atoms with Gasteiger partial charge in [0.15, 0.2) is 0 Å². The third-order valence-electron chi connectivity index (χ3n) is 8.95. The Balaban J connectivity index is 1.40. The predicted molar refractivity (Wildman–Crippen MR) is 152 cm³/mol. The van der Waals surface area contributed by atoms with E-state index in [-0.39, 0.29) is 23.7 Å². The Morgan fingerprint density at radius 3 is 2.14 bits per heavy atom. The summed E-state index contributed by atoms with van der Waals surface area (Å²) in [6.45, 7) is 13.0. The monoisotopic (exact) mass is 486 g/mol. The van der Waals surface area contributed by atoms with E-state index in [0.29, 0.717) is 0 Å². The van der Waals surface area contributed by atoms with E-state index in [1.807, 2.05) is 12.4 Å². The van der Waals surface area contributed by atoms with Crippen LogP contribution in [0.3, 0.4) is 0 Å². The second-order valence-corrected chi connectivity index (χ2v) is 12.0. The third-order valence-corrected chi connectivity index (χ3v) is 8.95. The molecule has 5 heteroatoms. The van der Waals surface area contributed by atoms with Crippen molar-refractivity contribution in [3.05, 3.63) is 90.3 Å². The fourth-order valence-electron chi connectivity index (χ4n) is 6.10. The average molecular weight is 486 g/mol. The van der Waals surface area contributed by atoms with Crippen LogP contribution < -0.4 is 5.46 Å². The molecule has 2 aliphatic rings. The molecule has 2 aromatic heterocycles. The first-order valence-electron chi connectivity index (χ1n) is 13.1. The van der Waals surface area contributed by atoms with Crippen LogP contribution in [-0.4, -0.2) is 27.9 Å². The van der Waals surface area contributed by atoms with Crippen molar-refractivity contribution in [2.24, 2.45) is 0 Å². The van der Waals surface area contributed by atoms with Gasteiger partial charge in [0.05, 0.1) is 28.4 Å². The third kappa shape index (κ3) is 3.08. The van der Waals surface area contributed by atoms with Gasteiger partial charge in [-0.1, -0.05) is 50.2 Å². The zero-order valence-electron chi connectivity index (χ0n) is 22.3. The van der Waals surface area contributed by atoms with Crippen molar-refractivity contribution >= 4 is 34.4 Å². The molecule has 0 amide bonds. The number of hydrogen-bond donors (Lipinski definition) is 0. The molecule has 0 unspecified atom stereocenters. The Morgan fingerprint density at radius 2 is 1.41 bits per heavy atom. The largest absolute Gasteiger partial charge is 0.494 e. The summed E-state index contributed by atoms with van der Waals surface area (Å²) in [5.74, 6) is 0. The number of pyridine rings is 1. The molecule has 0 bridgehead atoms. The number of benzene rings is 3. The van der Waals surface area contributed by atoms with E-state index in [2.05, 4.69) is 118 Å². The van der Waals surface area contributed by atoms with Crippen molar-refractivity contribution in [3.63, 3.8) is 0 Å². The van der Waals surface area contributed by atoms with Gasteiger partial charge in [-0.2, -0.15) is 0 Å². The van der Waals surface area contributed by atoms with Crippen LogP contribution in [0.5, 0.6) is 0 Å². The molecule has 4 nitrogen and oxygen atoms in total. The standard InChI is InChI=1S/C32H31BN2O2/c1-30(2)26-10-8-7-9-22(26)24-17-25-23-15-16-34-19-29(23)35(28(25)18-27(24)30)21-13-11-20(12-14-21)33-36-31(3,4)32(5,6)37-33/h7-19H,1-6H3. The average Bonchev–Trinajstić information content (AvgIpc) is 3.40. The van der Waals surface area contributed by atoms with Crippen LogP contribution in [0.15, 0.2) is 79.1 Å². The molecule has 37 heavy (non-hydrogen) atoms. The fraction of sp³-hybridized carbons (Fsp3) is 0.281. The SMILES string of the molecule is CC1(C)c2ccccc2-c2cc3c4ccncc4n(-c4ccc(B5OC(C)(C)C(C)(C)O5)cc4)c3cc21. The maximum Gasteiger partial charge on any atom is 0.494 e. The highest BCUT2D eigenvalue weighted by atomic mass is 16.7. The Kier molecular flexibility index (Phi) is 4.51. The highest BCUT2D eigenvalue weighted by molar-refractivity contribution is 6.62. The minimum Gasteiger partial charge on any atom is -0.399 e. The summed E-state index contributed by atoms with van der Waals surface area (Å²) in [5, 5.41) is 2.46. The van der Waals surface area contributed by atoms with E-state index >= 15 is 0 Å². The van der Waals surface area contributed by atoms with E-state index < -0.39 is 0 Å². The van der Waals surface area contributed by atoms with Gasteiger partial charge >= 0.3 is 7.12 Å². The Labute approximate surface area is 218 Å². The van der Waals surface area contributed by atoms with Gasteiger partial charge in [-0.15, -0.1) is 0 Å². The molecule has 1 fully saturated rings. The summed E-state index contributed by atoms with van der Waals surface area (Å²) in [6.07, 6.45) is 3.86. The minimum atomic E-state index is -0.374.